The molecular weight excluding hydrogens is 414 g/mol. The molecule has 1 amide bonds. The van der Waals surface area contributed by atoms with Crippen molar-refractivity contribution in [3.8, 4) is 16.9 Å². The van der Waals surface area contributed by atoms with Crippen molar-refractivity contribution >= 4 is 22.8 Å². The number of carbonyl (C=O) groups excluding carboxylic acids is 1. The number of aromatic nitrogens is 6. The predicted molar refractivity (Wildman–Crippen MR) is 127 cm³/mol. The van der Waals surface area contributed by atoms with Crippen molar-refractivity contribution < 1.29 is 4.79 Å². The summed E-state index contributed by atoms with van der Waals surface area (Å²) in [7, 11) is 0. The number of nitrogens with zero attached hydrogens (tertiary/aromatic N) is 6. The van der Waals surface area contributed by atoms with Crippen molar-refractivity contribution in [2.75, 3.05) is 5.32 Å². The maximum atomic E-state index is 13.4. The molecule has 0 spiro atoms. The van der Waals surface area contributed by atoms with E-state index in [1.165, 1.54) is 11.0 Å². The van der Waals surface area contributed by atoms with Crippen LogP contribution < -0.4 is 5.32 Å². The number of hydrogen-bond acceptors (Lipinski definition) is 5. The molecule has 5 aromatic rings. The number of aryl methyl sites for hydroxylation is 1. The molecule has 164 valence electrons. The molecule has 8 heteroatoms. The Labute approximate surface area is 190 Å². The molecule has 0 unspecified atom stereocenters. The summed E-state index contributed by atoms with van der Waals surface area (Å²) >= 11 is 0. The van der Waals surface area contributed by atoms with E-state index in [1.807, 2.05) is 86.1 Å². The molecule has 5 rings (SSSR count). The van der Waals surface area contributed by atoms with Crippen LogP contribution in [-0.2, 0) is 0 Å². The molecule has 0 aliphatic heterocycles. The van der Waals surface area contributed by atoms with E-state index < -0.39 is 0 Å². The minimum absolute atomic E-state index is 0.101. The Morgan fingerprint density at radius 3 is 2.48 bits per heavy atom. The number of para-hydroxylation sites is 1. The first-order chi connectivity index (χ1) is 16.0. The third-order valence-electron chi connectivity index (χ3n) is 5.44. The zero-order valence-electron chi connectivity index (χ0n) is 18.6. The predicted octanol–water partition coefficient (Wildman–Crippen LogP) is 4.82. The normalized spacial score (nSPS) is 11.3. The van der Waals surface area contributed by atoms with Gasteiger partial charge >= 0.3 is 0 Å². The van der Waals surface area contributed by atoms with E-state index in [4.69, 9.17) is 4.98 Å². The highest BCUT2D eigenvalue weighted by atomic mass is 16.1. The third-order valence-corrected chi connectivity index (χ3v) is 5.44. The lowest BCUT2D eigenvalue weighted by molar-refractivity contribution is 0.102. The molecule has 0 aliphatic carbocycles. The highest BCUT2D eigenvalue weighted by molar-refractivity contribution is 6.12. The van der Waals surface area contributed by atoms with Gasteiger partial charge in [0.1, 0.15) is 0 Å². The quantitative estimate of drug-likeness (QED) is 0.426. The van der Waals surface area contributed by atoms with Crippen LogP contribution in [0.5, 0.6) is 0 Å². The third kappa shape index (κ3) is 3.87. The van der Waals surface area contributed by atoms with Gasteiger partial charge in [-0.05, 0) is 44.5 Å². The van der Waals surface area contributed by atoms with Crippen LogP contribution in [0.4, 0.5) is 5.82 Å². The van der Waals surface area contributed by atoms with Gasteiger partial charge < -0.3 is 5.32 Å². The Morgan fingerprint density at radius 2 is 1.73 bits per heavy atom. The maximum Gasteiger partial charge on any atom is 0.257 e. The number of benzene rings is 2. The molecule has 0 bridgehead atoms. The summed E-state index contributed by atoms with van der Waals surface area (Å²) in [6.45, 7) is 6.11. The summed E-state index contributed by atoms with van der Waals surface area (Å²) in [5.74, 6) is 0.0724. The Balaban J connectivity index is 1.56. The fourth-order valence-electron chi connectivity index (χ4n) is 3.77. The lowest BCUT2D eigenvalue weighted by Gasteiger charge is -2.11. The number of anilines is 1. The number of carbonyl (C=O) groups is 1. The fourth-order valence-corrected chi connectivity index (χ4v) is 3.77. The number of rotatable bonds is 5. The van der Waals surface area contributed by atoms with Gasteiger partial charge in [0.15, 0.2) is 11.5 Å². The minimum Gasteiger partial charge on any atom is -0.304 e. The first-order valence-electron chi connectivity index (χ1n) is 10.7. The van der Waals surface area contributed by atoms with Crippen molar-refractivity contribution in [2.45, 2.75) is 26.8 Å². The number of amides is 1. The molecule has 1 N–H and O–H groups in total. The fraction of sp³-hybridized carbons (Fsp3) is 0.160. The highest BCUT2D eigenvalue weighted by Gasteiger charge is 2.20. The summed E-state index contributed by atoms with van der Waals surface area (Å²) in [6, 6.07) is 19.4. The Hall–Kier alpha value is -4.33. The van der Waals surface area contributed by atoms with Crippen LogP contribution in [0.1, 0.15) is 35.8 Å². The highest BCUT2D eigenvalue weighted by Crippen LogP contribution is 2.28. The molecule has 0 saturated heterocycles. The van der Waals surface area contributed by atoms with E-state index in [0.29, 0.717) is 22.4 Å². The zero-order valence-corrected chi connectivity index (χ0v) is 18.6. The van der Waals surface area contributed by atoms with Crippen molar-refractivity contribution in [3.05, 3.63) is 84.2 Å². The molecule has 0 radical (unpaired) electrons. The summed E-state index contributed by atoms with van der Waals surface area (Å²) in [4.78, 5) is 19.7. The molecule has 33 heavy (non-hydrogen) atoms. The van der Waals surface area contributed by atoms with E-state index in [-0.39, 0.29) is 11.9 Å². The number of pyridine rings is 1. The Bertz CT molecular complexity index is 1450. The molecular formula is C25H23N7O. The standard InChI is InChI=1S/C25H23N7O/c1-16(2)31-24-21(14-26-31)20(13-22(28-24)19-12-8-7-9-17(19)3)25(33)29-23-15-27-32(30-23)18-10-5-4-6-11-18/h4-16H,1-3H3,(H,29,30,33). The molecule has 8 nitrogen and oxygen atoms in total. The van der Waals surface area contributed by atoms with Gasteiger partial charge in [0, 0.05) is 11.6 Å². The van der Waals surface area contributed by atoms with E-state index in [1.54, 1.807) is 6.20 Å². The molecule has 0 atom stereocenters. The molecule has 2 aromatic carbocycles. The molecule has 3 heterocycles. The van der Waals surface area contributed by atoms with Crippen LogP contribution in [0, 0.1) is 6.92 Å². The summed E-state index contributed by atoms with van der Waals surface area (Å²) in [5.41, 5.74) is 4.74. The van der Waals surface area contributed by atoms with Gasteiger partial charge in [-0.2, -0.15) is 10.2 Å². The van der Waals surface area contributed by atoms with Crippen molar-refractivity contribution in [1.29, 1.82) is 0 Å². The SMILES string of the molecule is Cc1ccccc1-c1cc(C(=O)Nc2cnn(-c3ccccc3)n2)c2cnn(C(C)C)c2n1. The second-order valence-corrected chi connectivity index (χ2v) is 8.10. The maximum absolute atomic E-state index is 13.4. The average molecular weight is 438 g/mol. The molecule has 0 fully saturated rings. The lowest BCUT2D eigenvalue weighted by atomic mass is 10.0. The molecule has 0 aliphatic rings. The zero-order chi connectivity index (χ0) is 22.9. The van der Waals surface area contributed by atoms with Gasteiger partial charge in [0.2, 0.25) is 0 Å². The van der Waals surface area contributed by atoms with E-state index in [2.05, 4.69) is 20.6 Å². The first kappa shape index (κ1) is 20.6. The number of fused-ring (bicyclic) bond motifs is 1. The number of hydrogen-bond donors (Lipinski definition) is 1. The Morgan fingerprint density at radius 1 is 0.970 bits per heavy atom. The van der Waals surface area contributed by atoms with Crippen LogP contribution in [0.2, 0.25) is 0 Å². The van der Waals surface area contributed by atoms with Crippen LogP contribution >= 0.6 is 0 Å². The van der Waals surface area contributed by atoms with E-state index in [9.17, 15) is 4.79 Å². The minimum atomic E-state index is -0.291. The van der Waals surface area contributed by atoms with Gasteiger partial charge in [-0.1, -0.05) is 42.5 Å². The van der Waals surface area contributed by atoms with Crippen LogP contribution in [-0.4, -0.2) is 35.7 Å². The van der Waals surface area contributed by atoms with Crippen molar-refractivity contribution in [2.24, 2.45) is 0 Å². The topological polar surface area (TPSA) is 90.5 Å². The van der Waals surface area contributed by atoms with Crippen molar-refractivity contribution in [1.82, 2.24) is 29.8 Å². The smallest absolute Gasteiger partial charge is 0.257 e. The van der Waals surface area contributed by atoms with Gasteiger partial charge in [-0.15, -0.1) is 9.90 Å². The van der Waals surface area contributed by atoms with Gasteiger partial charge in [0.25, 0.3) is 5.91 Å². The number of nitrogens with one attached hydrogen (secondary N) is 1. The van der Waals surface area contributed by atoms with Crippen LogP contribution in [0.15, 0.2) is 73.1 Å². The second kappa shape index (κ2) is 8.31. The van der Waals surface area contributed by atoms with Crippen LogP contribution in [0.3, 0.4) is 0 Å². The van der Waals surface area contributed by atoms with Gasteiger partial charge in [-0.3, -0.25) is 4.79 Å². The first-order valence-corrected chi connectivity index (χ1v) is 10.7. The van der Waals surface area contributed by atoms with Gasteiger partial charge in [-0.25, -0.2) is 9.67 Å². The van der Waals surface area contributed by atoms with E-state index in [0.717, 1.165) is 22.5 Å². The van der Waals surface area contributed by atoms with Gasteiger partial charge in [0.05, 0.1) is 34.7 Å². The molecule has 0 saturated carbocycles. The second-order valence-electron chi connectivity index (χ2n) is 8.10. The lowest BCUT2D eigenvalue weighted by Crippen LogP contribution is -2.14. The summed E-state index contributed by atoms with van der Waals surface area (Å²) in [6.07, 6.45) is 3.22. The Kier molecular flexibility index (Phi) is 5.18. The van der Waals surface area contributed by atoms with E-state index >= 15 is 0 Å². The van der Waals surface area contributed by atoms with Crippen molar-refractivity contribution in [3.63, 3.8) is 0 Å². The monoisotopic (exact) mass is 437 g/mol. The average Bonchev–Trinajstić information content (AvgIpc) is 3.46. The summed E-state index contributed by atoms with van der Waals surface area (Å²) in [5, 5.41) is 16.7. The summed E-state index contributed by atoms with van der Waals surface area (Å²) < 4.78 is 1.83. The molecule has 3 aromatic heterocycles. The largest absolute Gasteiger partial charge is 0.304 e. The van der Waals surface area contributed by atoms with Crippen LogP contribution in [0.25, 0.3) is 28.0 Å².